The molecule has 0 aliphatic rings. The molecule has 34 heavy (non-hydrogen) atoms. The normalized spacial score (nSPS) is 11.1. The maximum atomic E-state index is 14.6. The second kappa shape index (κ2) is 10.1. The summed E-state index contributed by atoms with van der Waals surface area (Å²) in [5.74, 6) is -3.65. The number of rotatable bonds is 8. The van der Waals surface area contributed by atoms with Crippen molar-refractivity contribution in [3.05, 3.63) is 76.6 Å². The molecule has 0 amide bonds. The number of nitrogens with one attached hydrogen (secondary N) is 1. The number of hydrogen-bond donors (Lipinski definition) is 2. The van der Waals surface area contributed by atoms with Gasteiger partial charge >= 0.3 is 11.9 Å². The van der Waals surface area contributed by atoms with Crippen molar-refractivity contribution in [1.82, 2.24) is 0 Å². The Kier molecular flexibility index (Phi) is 7.43. The van der Waals surface area contributed by atoms with Crippen molar-refractivity contribution in [2.75, 3.05) is 18.4 Å². The van der Waals surface area contributed by atoms with Crippen LogP contribution in [0.5, 0.6) is 5.75 Å². The Bertz CT molecular complexity index is 1380. The number of carbonyl (C=O) groups excluding carboxylic acids is 1. The molecule has 3 aromatic carbocycles. The van der Waals surface area contributed by atoms with E-state index in [4.69, 9.17) is 21.4 Å². The van der Waals surface area contributed by atoms with E-state index >= 15 is 0 Å². The largest absolute Gasteiger partial charge is 0.479 e. The Morgan fingerprint density at radius 3 is 2.44 bits per heavy atom. The van der Waals surface area contributed by atoms with Crippen molar-refractivity contribution in [1.29, 1.82) is 0 Å². The predicted octanol–water partition coefficient (Wildman–Crippen LogP) is 4.51. The molecule has 3 rings (SSSR count). The highest BCUT2D eigenvalue weighted by molar-refractivity contribution is 7.92. The van der Waals surface area contributed by atoms with Crippen LogP contribution in [0, 0.1) is 12.7 Å². The Balaban J connectivity index is 2.09. The van der Waals surface area contributed by atoms with E-state index in [1.165, 1.54) is 12.1 Å². The summed E-state index contributed by atoms with van der Waals surface area (Å²) in [6, 6.07) is 13.2. The minimum atomic E-state index is -4.61. The van der Waals surface area contributed by atoms with Crippen molar-refractivity contribution in [3.63, 3.8) is 0 Å². The first-order valence-corrected chi connectivity index (χ1v) is 11.5. The second-order valence-corrected chi connectivity index (χ2v) is 9.19. The highest BCUT2D eigenvalue weighted by atomic mass is 35.5. The number of methoxy groups -OCH3 is 1. The summed E-state index contributed by atoms with van der Waals surface area (Å²) in [6.45, 7) is 0.977. The van der Waals surface area contributed by atoms with E-state index in [0.717, 1.165) is 36.4 Å². The Labute approximate surface area is 199 Å². The fourth-order valence-electron chi connectivity index (χ4n) is 3.08. The van der Waals surface area contributed by atoms with E-state index in [9.17, 15) is 22.4 Å². The number of esters is 1. The molecular formula is C23H19ClFNO7S. The monoisotopic (exact) mass is 507 g/mol. The number of carboxylic acids is 1. The zero-order valence-corrected chi connectivity index (χ0v) is 19.5. The van der Waals surface area contributed by atoms with E-state index < -0.39 is 45.0 Å². The van der Waals surface area contributed by atoms with Gasteiger partial charge in [0.2, 0.25) is 0 Å². The molecule has 0 saturated carbocycles. The van der Waals surface area contributed by atoms with E-state index in [-0.39, 0.29) is 16.3 Å². The SMILES string of the molecule is COC(=O)c1cc(Cl)c(OCC(=O)O)c(S(=O)(=O)Nc2cc(-c3cccc(C)c3)ccc2F)c1. The number of anilines is 1. The lowest BCUT2D eigenvalue weighted by atomic mass is 10.0. The average molecular weight is 508 g/mol. The third kappa shape index (κ3) is 5.64. The lowest BCUT2D eigenvalue weighted by molar-refractivity contribution is -0.139. The Morgan fingerprint density at radius 2 is 1.79 bits per heavy atom. The van der Waals surface area contributed by atoms with E-state index in [2.05, 4.69) is 9.46 Å². The molecule has 2 N–H and O–H groups in total. The molecule has 0 unspecified atom stereocenters. The van der Waals surface area contributed by atoms with Gasteiger partial charge in [-0.2, -0.15) is 0 Å². The van der Waals surface area contributed by atoms with Gasteiger partial charge in [-0.3, -0.25) is 4.72 Å². The number of hydrogen-bond acceptors (Lipinski definition) is 6. The Morgan fingerprint density at radius 1 is 1.09 bits per heavy atom. The van der Waals surface area contributed by atoms with Crippen molar-refractivity contribution >= 4 is 39.3 Å². The van der Waals surface area contributed by atoms with Crippen molar-refractivity contribution in [2.45, 2.75) is 11.8 Å². The molecule has 0 heterocycles. The molecule has 0 aliphatic heterocycles. The van der Waals surface area contributed by atoms with Gasteiger partial charge in [-0.1, -0.05) is 47.5 Å². The number of sulfonamides is 1. The molecular weight excluding hydrogens is 489 g/mol. The molecule has 0 saturated heterocycles. The summed E-state index contributed by atoms with van der Waals surface area (Å²) >= 11 is 6.09. The summed E-state index contributed by atoms with van der Waals surface area (Å²) < 4.78 is 52.8. The maximum absolute atomic E-state index is 14.6. The molecule has 3 aromatic rings. The highest BCUT2D eigenvalue weighted by Gasteiger charge is 2.27. The van der Waals surface area contributed by atoms with Crippen LogP contribution in [0.15, 0.2) is 59.5 Å². The predicted molar refractivity (Wildman–Crippen MR) is 123 cm³/mol. The van der Waals surface area contributed by atoms with Crippen LogP contribution in [0.1, 0.15) is 15.9 Å². The van der Waals surface area contributed by atoms with Crippen LogP contribution in [0.3, 0.4) is 0 Å². The van der Waals surface area contributed by atoms with E-state index in [1.54, 1.807) is 6.07 Å². The molecule has 8 nitrogen and oxygen atoms in total. The summed E-state index contributed by atoms with van der Waals surface area (Å²) in [4.78, 5) is 22.2. The van der Waals surface area contributed by atoms with Gasteiger partial charge in [0.25, 0.3) is 10.0 Å². The van der Waals surface area contributed by atoms with Gasteiger partial charge < -0.3 is 14.6 Å². The molecule has 0 fully saturated rings. The molecule has 0 aliphatic carbocycles. The first-order valence-electron chi connectivity index (χ1n) is 9.67. The van der Waals surface area contributed by atoms with Crippen molar-refractivity contribution in [3.8, 4) is 16.9 Å². The molecule has 0 aromatic heterocycles. The summed E-state index contributed by atoms with van der Waals surface area (Å²) in [5, 5.41) is 8.56. The van der Waals surface area contributed by atoms with Crippen LogP contribution in [-0.2, 0) is 19.6 Å². The van der Waals surface area contributed by atoms with Crippen LogP contribution < -0.4 is 9.46 Å². The number of aliphatic carboxylic acids is 1. The summed E-state index contributed by atoms with van der Waals surface area (Å²) in [5.41, 5.74) is 1.64. The molecule has 0 spiro atoms. The zero-order chi connectivity index (χ0) is 25.0. The third-order valence-electron chi connectivity index (χ3n) is 4.62. The second-order valence-electron chi connectivity index (χ2n) is 7.13. The summed E-state index contributed by atoms with van der Waals surface area (Å²) in [6.07, 6.45) is 0. The van der Waals surface area contributed by atoms with Gasteiger partial charge in [-0.05, 0) is 42.3 Å². The smallest absolute Gasteiger partial charge is 0.341 e. The zero-order valence-electron chi connectivity index (χ0n) is 18.0. The van der Waals surface area contributed by atoms with Gasteiger partial charge in [0.05, 0.1) is 23.4 Å². The first-order chi connectivity index (χ1) is 16.0. The highest BCUT2D eigenvalue weighted by Crippen LogP contribution is 2.36. The number of carboxylic acid groups (broad SMARTS) is 1. The summed E-state index contributed by atoms with van der Waals surface area (Å²) in [7, 11) is -3.52. The number of aryl methyl sites for hydroxylation is 1. The van der Waals surface area contributed by atoms with Gasteiger partial charge in [-0.25, -0.2) is 22.4 Å². The molecule has 0 atom stereocenters. The number of ether oxygens (including phenoxy) is 2. The van der Waals surface area contributed by atoms with Gasteiger partial charge in [0.15, 0.2) is 12.4 Å². The molecule has 11 heteroatoms. The van der Waals surface area contributed by atoms with Crippen molar-refractivity contribution in [2.24, 2.45) is 0 Å². The number of halogens is 2. The van der Waals surface area contributed by atoms with E-state index in [1.807, 2.05) is 25.1 Å². The lowest BCUT2D eigenvalue weighted by Crippen LogP contribution is -2.18. The van der Waals surface area contributed by atoms with Crippen LogP contribution in [0.4, 0.5) is 10.1 Å². The van der Waals surface area contributed by atoms with Gasteiger partial charge in [0.1, 0.15) is 10.7 Å². The van der Waals surface area contributed by atoms with Crippen molar-refractivity contribution < 1.29 is 37.0 Å². The Hall–Kier alpha value is -3.63. The topological polar surface area (TPSA) is 119 Å². The van der Waals surface area contributed by atoms with Crippen LogP contribution in [0.25, 0.3) is 11.1 Å². The maximum Gasteiger partial charge on any atom is 0.341 e. The third-order valence-corrected chi connectivity index (χ3v) is 6.27. The van der Waals surface area contributed by atoms with E-state index in [0.29, 0.717) is 5.56 Å². The fourth-order valence-corrected chi connectivity index (χ4v) is 4.67. The van der Waals surface area contributed by atoms with Gasteiger partial charge in [-0.15, -0.1) is 0 Å². The quantitative estimate of drug-likeness (QED) is 0.431. The minimum Gasteiger partial charge on any atom is -0.479 e. The fraction of sp³-hybridized carbons (Fsp3) is 0.130. The van der Waals surface area contributed by atoms with Crippen LogP contribution in [-0.4, -0.2) is 39.2 Å². The average Bonchev–Trinajstić information content (AvgIpc) is 2.78. The van der Waals surface area contributed by atoms with Gasteiger partial charge in [0, 0.05) is 0 Å². The molecule has 0 radical (unpaired) electrons. The van der Waals surface area contributed by atoms with Crippen LogP contribution >= 0.6 is 11.6 Å². The number of benzene rings is 3. The standard InChI is InChI=1S/C23H19ClFNO7S/c1-13-4-3-5-14(8-13)15-6-7-18(25)19(10-15)26-34(30,31)20-11-16(23(29)32-2)9-17(24)22(20)33-12-21(27)28/h3-11,26H,12H2,1-2H3,(H,27,28). The minimum absolute atomic E-state index is 0.232. The lowest BCUT2D eigenvalue weighted by Gasteiger charge is -2.16. The molecule has 0 bridgehead atoms. The first kappa shape index (κ1) is 25.0. The number of carbonyl (C=O) groups is 2. The molecule has 178 valence electrons. The van der Waals surface area contributed by atoms with Crippen LogP contribution in [0.2, 0.25) is 5.02 Å².